The quantitative estimate of drug-likeness (QED) is 0.594. The van der Waals surface area contributed by atoms with E-state index in [2.05, 4.69) is 13.0 Å². The predicted molar refractivity (Wildman–Crippen MR) is 112 cm³/mol. The van der Waals surface area contributed by atoms with Crippen LogP contribution in [0.4, 0.5) is 4.39 Å². The molecule has 0 atom stereocenters. The largest absolute Gasteiger partial charge is 0.486 e. The Kier molecular flexibility index (Phi) is 5.98. The van der Waals surface area contributed by atoms with Crippen LogP contribution in [0.2, 0.25) is 0 Å². The van der Waals surface area contributed by atoms with E-state index in [4.69, 9.17) is 4.74 Å². The molecule has 0 saturated heterocycles. The number of carbonyl (C=O) groups excluding carboxylic acids is 1. The van der Waals surface area contributed by atoms with Crippen molar-refractivity contribution >= 4 is 5.91 Å². The SMILES string of the molecule is CCC1CCC(C=CN2Cc3ccc(OCc4ccccc4)c(F)c3C2=O)CC1. The van der Waals surface area contributed by atoms with Gasteiger partial charge in [-0.3, -0.25) is 4.79 Å². The lowest BCUT2D eigenvalue weighted by molar-refractivity contribution is 0.0837. The van der Waals surface area contributed by atoms with E-state index < -0.39 is 5.82 Å². The van der Waals surface area contributed by atoms with Crippen molar-refractivity contribution in [1.82, 2.24) is 4.90 Å². The number of allylic oxidation sites excluding steroid dienone is 1. The Labute approximate surface area is 172 Å². The molecule has 2 aliphatic rings. The van der Waals surface area contributed by atoms with E-state index in [9.17, 15) is 9.18 Å². The number of hydrogen-bond acceptors (Lipinski definition) is 2. The van der Waals surface area contributed by atoms with Crippen molar-refractivity contribution in [1.29, 1.82) is 0 Å². The molecule has 1 heterocycles. The van der Waals surface area contributed by atoms with Gasteiger partial charge in [-0.15, -0.1) is 0 Å². The number of amides is 1. The summed E-state index contributed by atoms with van der Waals surface area (Å²) < 4.78 is 20.6. The zero-order valence-corrected chi connectivity index (χ0v) is 16.9. The van der Waals surface area contributed by atoms with E-state index in [0.29, 0.717) is 12.5 Å². The summed E-state index contributed by atoms with van der Waals surface area (Å²) in [7, 11) is 0. The first-order chi connectivity index (χ1) is 14.2. The third kappa shape index (κ3) is 4.36. The van der Waals surface area contributed by atoms with E-state index in [1.54, 1.807) is 17.0 Å². The van der Waals surface area contributed by atoms with Gasteiger partial charge >= 0.3 is 0 Å². The lowest BCUT2D eigenvalue weighted by Gasteiger charge is -2.26. The maximum Gasteiger partial charge on any atom is 0.261 e. The van der Waals surface area contributed by atoms with Crippen molar-refractivity contribution in [3.8, 4) is 5.75 Å². The second kappa shape index (κ2) is 8.81. The van der Waals surface area contributed by atoms with Crippen molar-refractivity contribution in [2.24, 2.45) is 11.8 Å². The number of ether oxygens (including phenoxy) is 1. The number of fused-ring (bicyclic) bond motifs is 1. The van der Waals surface area contributed by atoms with Crippen LogP contribution in [0.25, 0.3) is 0 Å². The summed E-state index contributed by atoms with van der Waals surface area (Å²) in [4.78, 5) is 14.4. The smallest absolute Gasteiger partial charge is 0.261 e. The van der Waals surface area contributed by atoms with Gasteiger partial charge in [0.15, 0.2) is 11.6 Å². The Morgan fingerprint density at radius 1 is 1.10 bits per heavy atom. The van der Waals surface area contributed by atoms with Crippen molar-refractivity contribution < 1.29 is 13.9 Å². The molecule has 3 nitrogen and oxygen atoms in total. The Morgan fingerprint density at radius 2 is 1.86 bits per heavy atom. The molecule has 1 aliphatic heterocycles. The van der Waals surface area contributed by atoms with Crippen molar-refractivity contribution in [2.75, 3.05) is 0 Å². The van der Waals surface area contributed by atoms with Gasteiger partial charge in [-0.05, 0) is 54.7 Å². The summed E-state index contributed by atoms with van der Waals surface area (Å²) in [5.74, 6) is 0.665. The number of halogens is 1. The van der Waals surface area contributed by atoms with Crippen LogP contribution in [-0.4, -0.2) is 10.8 Å². The predicted octanol–water partition coefficient (Wildman–Crippen LogP) is 6.09. The molecule has 0 aromatic heterocycles. The highest BCUT2D eigenvalue weighted by molar-refractivity contribution is 5.99. The van der Waals surface area contributed by atoms with Gasteiger partial charge in [0.25, 0.3) is 5.91 Å². The van der Waals surface area contributed by atoms with E-state index >= 15 is 0 Å². The molecule has 0 radical (unpaired) electrons. The summed E-state index contributed by atoms with van der Waals surface area (Å²) in [5, 5.41) is 0. The van der Waals surface area contributed by atoms with Gasteiger partial charge in [0.1, 0.15) is 6.61 Å². The highest BCUT2D eigenvalue weighted by Crippen LogP contribution is 2.34. The zero-order valence-electron chi connectivity index (χ0n) is 16.9. The summed E-state index contributed by atoms with van der Waals surface area (Å²) in [6, 6.07) is 13.0. The normalized spacial score (nSPS) is 21.6. The number of carbonyl (C=O) groups is 1. The molecule has 4 heteroatoms. The first kappa shape index (κ1) is 19.7. The summed E-state index contributed by atoms with van der Waals surface area (Å²) >= 11 is 0. The first-order valence-electron chi connectivity index (χ1n) is 10.6. The molecular formula is C25H28FNO2. The maximum atomic E-state index is 15.0. The topological polar surface area (TPSA) is 29.5 Å². The average molecular weight is 394 g/mol. The molecular weight excluding hydrogens is 365 g/mol. The highest BCUT2D eigenvalue weighted by atomic mass is 19.1. The molecule has 0 spiro atoms. The first-order valence-corrected chi connectivity index (χ1v) is 10.6. The molecule has 0 N–H and O–H groups in total. The molecule has 29 heavy (non-hydrogen) atoms. The molecule has 152 valence electrons. The maximum absolute atomic E-state index is 15.0. The fourth-order valence-electron chi connectivity index (χ4n) is 4.34. The van der Waals surface area contributed by atoms with E-state index in [1.807, 2.05) is 36.5 Å². The van der Waals surface area contributed by atoms with Crippen molar-refractivity contribution in [3.63, 3.8) is 0 Å². The van der Waals surface area contributed by atoms with Gasteiger partial charge in [0, 0.05) is 6.20 Å². The van der Waals surface area contributed by atoms with Crippen LogP contribution in [0.15, 0.2) is 54.7 Å². The van der Waals surface area contributed by atoms with E-state index in [0.717, 1.165) is 17.0 Å². The minimum Gasteiger partial charge on any atom is -0.486 e. The summed E-state index contributed by atoms with van der Waals surface area (Å²) in [5.41, 5.74) is 1.83. The third-order valence-electron chi connectivity index (χ3n) is 6.25. The molecule has 1 saturated carbocycles. The van der Waals surface area contributed by atoms with Crippen LogP contribution >= 0.6 is 0 Å². The molecule has 1 aliphatic carbocycles. The monoisotopic (exact) mass is 393 g/mol. The highest BCUT2D eigenvalue weighted by Gasteiger charge is 2.31. The van der Waals surface area contributed by atoms with Gasteiger partial charge < -0.3 is 9.64 Å². The minimum atomic E-state index is -0.553. The average Bonchev–Trinajstić information content (AvgIpc) is 3.09. The lowest BCUT2D eigenvalue weighted by Crippen LogP contribution is -2.19. The van der Waals surface area contributed by atoms with Crippen molar-refractivity contribution in [2.45, 2.75) is 52.2 Å². The molecule has 2 aromatic rings. The second-order valence-electron chi connectivity index (χ2n) is 8.15. The Bertz CT molecular complexity index is 885. The molecule has 4 rings (SSSR count). The van der Waals surface area contributed by atoms with Gasteiger partial charge in [-0.1, -0.05) is 55.8 Å². The number of benzene rings is 2. The van der Waals surface area contributed by atoms with E-state index in [1.165, 1.54) is 32.1 Å². The third-order valence-corrected chi connectivity index (χ3v) is 6.25. The summed E-state index contributed by atoms with van der Waals surface area (Å²) in [6.45, 7) is 2.95. The van der Waals surface area contributed by atoms with Crippen LogP contribution in [0.1, 0.15) is 60.5 Å². The van der Waals surface area contributed by atoms with Crippen LogP contribution < -0.4 is 4.74 Å². The minimum absolute atomic E-state index is 0.129. The number of rotatable bonds is 6. The molecule has 0 unspecified atom stereocenters. The van der Waals surface area contributed by atoms with Crippen LogP contribution in [0, 0.1) is 17.7 Å². The lowest BCUT2D eigenvalue weighted by atomic mass is 9.81. The zero-order chi connectivity index (χ0) is 20.2. The Morgan fingerprint density at radius 3 is 2.59 bits per heavy atom. The van der Waals surface area contributed by atoms with Crippen LogP contribution in [-0.2, 0) is 13.2 Å². The van der Waals surface area contributed by atoms with Crippen molar-refractivity contribution in [3.05, 3.63) is 77.2 Å². The summed E-state index contributed by atoms with van der Waals surface area (Å²) in [6.07, 6.45) is 10.1. The van der Waals surface area contributed by atoms with Gasteiger partial charge in [0.05, 0.1) is 12.1 Å². The fourth-order valence-corrected chi connectivity index (χ4v) is 4.34. The Balaban J connectivity index is 1.41. The van der Waals surface area contributed by atoms with Gasteiger partial charge in [0.2, 0.25) is 0 Å². The van der Waals surface area contributed by atoms with Gasteiger partial charge in [-0.2, -0.15) is 0 Å². The molecule has 2 aromatic carbocycles. The van der Waals surface area contributed by atoms with E-state index in [-0.39, 0.29) is 23.8 Å². The van der Waals surface area contributed by atoms with Gasteiger partial charge in [-0.25, -0.2) is 4.39 Å². The van der Waals surface area contributed by atoms with Crippen LogP contribution in [0.3, 0.4) is 0 Å². The Hall–Kier alpha value is -2.62. The number of hydrogen-bond donors (Lipinski definition) is 0. The molecule has 0 bridgehead atoms. The fraction of sp³-hybridized carbons (Fsp3) is 0.400. The standard InChI is InChI=1S/C25H28FNO2/c1-2-18-8-10-19(11-9-18)14-15-27-16-21-12-13-22(24(26)23(21)25(27)28)29-17-20-6-4-3-5-7-20/h3-7,12-15,18-19H,2,8-11,16-17H2,1H3. The second-order valence-corrected chi connectivity index (χ2v) is 8.15. The molecule has 1 amide bonds. The van der Waals surface area contributed by atoms with Crippen LogP contribution in [0.5, 0.6) is 5.75 Å². The molecule has 1 fully saturated rings. The number of nitrogens with zero attached hydrogens (tertiary/aromatic N) is 1.